The number of benzene rings is 1. The molecule has 0 spiro atoms. The van der Waals surface area contributed by atoms with Gasteiger partial charge in [-0.2, -0.15) is 0 Å². The van der Waals surface area contributed by atoms with Crippen molar-refractivity contribution in [2.45, 2.75) is 65.5 Å². The molecule has 0 aromatic heterocycles. The van der Waals surface area contributed by atoms with Gasteiger partial charge in [0.2, 0.25) is 5.91 Å². The Hall–Kier alpha value is -2.12. The summed E-state index contributed by atoms with van der Waals surface area (Å²) in [5.74, 6) is -1.94. The summed E-state index contributed by atoms with van der Waals surface area (Å²) in [5, 5.41) is 19.2. The summed E-state index contributed by atoms with van der Waals surface area (Å²) >= 11 is 0. The molecule has 1 aromatic carbocycles. The third-order valence-electron chi connectivity index (χ3n) is 5.81. The van der Waals surface area contributed by atoms with Crippen LogP contribution in [0.2, 0.25) is 0 Å². The molecule has 1 saturated heterocycles. The Kier molecular flexibility index (Phi) is 7.88. The van der Waals surface area contributed by atoms with E-state index in [0.717, 1.165) is 5.69 Å². The van der Waals surface area contributed by atoms with Gasteiger partial charge < -0.3 is 14.9 Å². The van der Waals surface area contributed by atoms with Crippen molar-refractivity contribution in [3.05, 3.63) is 29.8 Å². The number of rotatable bonds is 6. The molecule has 1 fully saturated rings. The summed E-state index contributed by atoms with van der Waals surface area (Å²) in [5.41, 5.74) is 3.97. The van der Waals surface area contributed by atoms with Crippen LogP contribution in [0.15, 0.2) is 24.3 Å². The predicted octanol–water partition coefficient (Wildman–Crippen LogP) is 2.55. The second kappa shape index (κ2) is 9.79. The van der Waals surface area contributed by atoms with E-state index in [0.29, 0.717) is 26.1 Å². The lowest BCUT2D eigenvalue weighted by molar-refractivity contribution is -0.152. The maximum absolute atomic E-state index is 13.2. The molecule has 1 heterocycles. The monoisotopic (exact) mass is 419 g/mol. The lowest BCUT2D eigenvalue weighted by Gasteiger charge is -2.43. The first-order valence-electron chi connectivity index (χ1n) is 10.7. The Morgan fingerprint density at radius 3 is 2.23 bits per heavy atom. The zero-order valence-electron chi connectivity index (χ0n) is 19.1. The minimum absolute atomic E-state index is 0.0624. The Morgan fingerprint density at radius 1 is 1.17 bits per heavy atom. The van der Waals surface area contributed by atoms with E-state index >= 15 is 0 Å². The van der Waals surface area contributed by atoms with Crippen LogP contribution in [0.3, 0.4) is 0 Å². The van der Waals surface area contributed by atoms with E-state index in [1.165, 1.54) is 11.0 Å². The Balaban J connectivity index is 2.11. The lowest BCUT2D eigenvalue weighted by Crippen LogP contribution is -2.57. The van der Waals surface area contributed by atoms with Gasteiger partial charge in [-0.25, -0.2) is 5.48 Å². The van der Waals surface area contributed by atoms with Crippen LogP contribution in [0, 0.1) is 11.8 Å². The van der Waals surface area contributed by atoms with Gasteiger partial charge in [-0.3, -0.25) is 14.8 Å². The molecule has 2 rings (SSSR count). The zero-order chi connectivity index (χ0) is 22.6. The largest absolute Gasteiger partial charge is 0.382 e. The van der Waals surface area contributed by atoms with Crippen LogP contribution in [0.5, 0.6) is 0 Å². The molecule has 3 atom stereocenters. The Morgan fingerprint density at radius 2 is 1.77 bits per heavy atom. The van der Waals surface area contributed by atoms with Crippen molar-refractivity contribution in [3.63, 3.8) is 0 Å². The van der Waals surface area contributed by atoms with Gasteiger partial charge in [-0.15, -0.1) is 0 Å². The quantitative estimate of drug-likeness (QED) is 0.487. The maximum atomic E-state index is 13.2. The Labute approximate surface area is 180 Å². The number of nitrogens with one attached hydrogen (secondary N) is 1. The standard InChI is InChI=1S/C23H37N3O4/c1-15(2)13-19(20(27)21(28)24-30)22(29)26-12-11-25(14-16(26)3)18-9-7-17(8-10-18)23(4,5)6/h7-10,15-16,19-20,27,30H,11-14H2,1-6H3,(H,24,28)/t16?,19-,20-/m0/s1. The van der Waals surface area contributed by atoms with E-state index in [2.05, 4.69) is 49.9 Å². The molecule has 7 nitrogen and oxygen atoms in total. The molecule has 30 heavy (non-hydrogen) atoms. The van der Waals surface area contributed by atoms with Crippen LogP contribution in [0.1, 0.15) is 53.5 Å². The van der Waals surface area contributed by atoms with E-state index in [9.17, 15) is 14.7 Å². The average molecular weight is 420 g/mol. The highest BCUT2D eigenvalue weighted by molar-refractivity contribution is 5.89. The van der Waals surface area contributed by atoms with Gasteiger partial charge >= 0.3 is 0 Å². The highest BCUT2D eigenvalue weighted by Gasteiger charge is 2.38. The van der Waals surface area contributed by atoms with Gasteiger partial charge in [-0.1, -0.05) is 46.8 Å². The van der Waals surface area contributed by atoms with Gasteiger partial charge in [0.15, 0.2) is 0 Å². The van der Waals surface area contributed by atoms with Gasteiger partial charge in [0.1, 0.15) is 6.10 Å². The normalized spacial score (nSPS) is 19.6. The SMILES string of the molecule is CC(C)C[C@H](C(=O)N1CCN(c2ccc(C(C)(C)C)cc2)CC1C)[C@H](O)C(=O)NO. The number of piperazine rings is 1. The molecule has 168 valence electrons. The van der Waals surface area contributed by atoms with Crippen LogP contribution in [0.4, 0.5) is 5.69 Å². The fourth-order valence-electron chi connectivity index (χ4n) is 4.03. The molecule has 1 unspecified atom stereocenters. The maximum Gasteiger partial charge on any atom is 0.272 e. The van der Waals surface area contributed by atoms with Crippen LogP contribution in [-0.2, 0) is 15.0 Å². The summed E-state index contributed by atoms with van der Waals surface area (Å²) in [4.78, 5) is 28.9. The molecular formula is C23H37N3O4. The molecule has 0 radical (unpaired) electrons. The first-order chi connectivity index (χ1) is 14.0. The number of carbonyl (C=O) groups excluding carboxylic acids is 2. The second-order valence-corrected chi connectivity index (χ2v) is 9.78. The minimum Gasteiger partial charge on any atom is -0.382 e. The summed E-state index contributed by atoms with van der Waals surface area (Å²) in [6.07, 6.45) is -1.20. The van der Waals surface area contributed by atoms with E-state index < -0.39 is 17.9 Å². The number of amides is 2. The van der Waals surface area contributed by atoms with Crippen molar-refractivity contribution in [3.8, 4) is 0 Å². The molecule has 1 aliphatic rings. The number of nitrogens with zero attached hydrogens (tertiary/aromatic N) is 2. The summed E-state index contributed by atoms with van der Waals surface area (Å²) < 4.78 is 0. The van der Waals surface area contributed by atoms with Crippen molar-refractivity contribution in [2.75, 3.05) is 24.5 Å². The van der Waals surface area contributed by atoms with Crippen LogP contribution in [0.25, 0.3) is 0 Å². The van der Waals surface area contributed by atoms with E-state index in [1.54, 1.807) is 4.90 Å². The number of aliphatic hydroxyl groups is 1. The van der Waals surface area contributed by atoms with Crippen LogP contribution < -0.4 is 10.4 Å². The molecule has 1 aromatic rings. The molecule has 0 bridgehead atoms. The summed E-state index contributed by atoms with van der Waals surface area (Å²) in [6, 6.07) is 8.50. The van der Waals surface area contributed by atoms with Gasteiger partial charge in [0, 0.05) is 31.4 Å². The third kappa shape index (κ3) is 5.73. The highest BCUT2D eigenvalue weighted by atomic mass is 16.5. The zero-order valence-corrected chi connectivity index (χ0v) is 19.1. The van der Waals surface area contributed by atoms with Gasteiger partial charge in [0.25, 0.3) is 5.91 Å². The topological polar surface area (TPSA) is 93.1 Å². The number of hydrogen-bond acceptors (Lipinski definition) is 5. The molecule has 3 N–H and O–H groups in total. The predicted molar refractivity (Wildman–Crippen MR) is 117 cm³/mol. The van der Waals surface area contributed by atoms with Crippen LogP contribution >= 0.6 is 0 Å². The second-order valence-electron chi connectivity index (χ2n) is 9.78. The van der Waals surface area contributed by atoms with Crippen molar-refractivity contribution in [1.29, 1.82) is 0 Å². The fourth-order valence-corrected chi connectivity index (χ4v) is 4.03. The molecular weight excluding hydrogens is 382 g/mol. The molecule has 0 aliphatic carbocycles. The highest BCUT2D eigenvalue weighted by Crippen LogP contribution is 2.27. The minimum atomic E-state index is -1.57. The Bertz CT molecular complexity index is 727. The van der Waals surface area contributed by atoms with Crippen molar-refractivity contribution < 1.29 is 19.9 Å². The van der Waals surface area contributed by atoms with Crippen molar-refractivity contribution >= 4 is 17.5 Å². The summed E-state index contributed by atoms with van der Waals surface area (Å²) in [6.45, 7) is 14.3. The summed E-state index contributed by atoms with van der Waals surface area (Å²) in [7, 11) is 0. The van der Waals surface area contributed by atoms with Crippen LogP contribution in [-0.4, -0.2) is 58.8 Å². The smallest absolute Gasteiger partial charge is 0.272 e. The number of anilines is 1. The van der Waals surface area contributed by atoms with E-state index in [1.807, 2.05) is 20.8 Å². The number of hydrogen-bond donors (Lipinski definition) is 3. The van der Waals surface area contributed by atoms with Gasteiger partial charge in [0.05, 0.1) is 5.92 Å². The first kappa shape index (κ1) is 24.2. The van der Waals surface area contributed by atoms with Crippen molar-refractivity contribution in [2.24, 2.45) is 11.8 Å². The number of aliphatic hydroxyl groups excluding tert-OH is 1. The molecule has 1 aliphatic heterocycles. The fraction of sp³-hybridized carbons (Fsp3) is 0.652. The molecule has 2 amide bonds. The first-order valence-corrected chi connectivity index (χ1v) is 10.7. The molecule has 0 saturated carbocycles. The average Bonchev–Trinajstić information content (AvgIpc) is 2.69. The van der Waals surface area contributed by atoms with E-state index in [-0.39, 0.29) is 23.3 Å². The molecule has 7 heteroatoms. The number of hydroxylamine groups is 1. The number of carbonyl (C=O) groups is 2. The third-order valence-corrected chi connectivity index (χ3v) is 5.81. The van der Waals surface area contributed by atoms with Crippen molar-refractivity contribution in [1.82, 2.24) is 10.4 Å². The lowest BCUT2D eigenvalue weighted by atomic mass is 9.87. The van der Waals surface area contributed by atoms with Gasteiger partial charge in [-0.05, 0) is 42.4 Å². The van der Waals surface area contributed by atoms with E-state index in [4.69, 9.17) is 5.21 Å².